The second-order valence-corrected chi connectivity index (χ2v) is 4.86. The summed E-state index contributed by atoms with van der Waals surface area (Å²) in [4.78, 5) is 9.00. The van der Waals surface area contributed by atoms with Gasteiger partial charge in [-0.2, -0.15) is 0 Å². The molecule has 1 heterocycles. The molecule has 0 aromatic carbocycles. The van der Waals surface area contributed by atoms with Crippen LogP contribution in [0.4, 0.5) is 5.82 Å². The molecule has 1 aromatic rings. The van der Waals surface area contributed by atoms with Gasteiger partial charge in [-0.15, -0.1) is 0 Å². The summed E-state index contributed by atoms with van der Waals surface area (Å²) in [6.45, 7) is 3.85. The van der Waals surface area contributed by atoms with E-state index in [0.717, 1.165) is 30.0 Å². The Bertz CT molecular complexity index is 403. The lowest BCUT2D eigenvalue weighted by Gasteiger charge is -2.23. The van der Waals surface area contributed by atoms with Gasteiger partial charge in [0.15, 0.2) is 0 Å². The van der Waals surface area contributed by atoms with Gasteiger partial charge in [-0.1, -0.05) is 12.2 Å². The second kappa shape index (κ2) is 5.93. The topological polar surface area (TPSA) is 45.4 Å². The van der Waals surface area contributed by atoms with Crippen LogP contribution in [0, 0.1) is 6.92 Å². The van der Waals surface area contributed by atoms with Crippen molar-refractivity contribution < 1.29 is 0 Å². The molecule has 0 fully saturated rings. The molecule has 1 rings (SSSR count). The van der Waals surface area contributed by atoms with Crippen LogP contribution in [0.3, 0.4) is 0 Å². The summed E-state index contributed by atoms with van der Waals surface area (Å²) in [5.74, 6) is 0.861. The summed E-state index contributed by atoms with van der Waals surface area (Å²) in [7, 11) is 6.10. The highest BCUT2D eigenvalue weighted by Gasteiger charge is 2.13. The first-order valence-corrected chi connectivity index (χ1v) is 5.95. The van der Waals surface area contributed by atoms with E-state index in [2.05, 4.69) is 14.8 Å². The van der Waals surface area contributed by atoms with Crippen LogP contribution in [0.25, 0.3) is 0 Å². The lowest BCUT2D eigenvalue weighted by atomic mass is 10.1. The Hall–Kier alpha value is -1.20. The van der Waals surface area contributed by atoms with Crippen molar-refractivity contribution in [3.05, 3.63) is 23.4 Å². The average molecular weight is 252 g/mol. The van der Waals surface area contributed by atoms with Gasteiger partial charge in [0.2, 0.25) is 0 Å². The molecule has 0 spiro atoms. The van der Waals surface area contributed by atoms with E-state index in [1.807, 2.05) is 34.1 Å². The van der Waals surface area contributed by atoms with Gasteiger partial charge in [0.25, 0.3) is 0 Å². The van der Waals surface area contributed by atoms with Crippen LogP contribution < -0.4 is 10.6 Å². The van der Waals surface area contributed by atoms with Crippen molar-refractivity contribution in [2.75, 3.05) is 39.1 Å². The number of nitrogens with zero attached hydrogens (tertiary/aromatic N) is 3. The molecule has 0 aliphatic heterocycles. The quantitative estimate of drug-likeness (QED) is 0.793. The monoisotopic (exact) mass is 252 g/mol. The Balaban J connectivity index is 2.96. The van der Waals surface area contributed by atoms with Crippen molar-refractivity contribution in [1.82, 2.24) is 9.88 Å². The highest BCUT2D eigenvalue weighted by molar-refractivity contribution is 7.80. The van der Waals surface area contributed by atoms with Crippen LogP contribution in [-0.2, 0) is 0 Å². The third kappa shape index (κ3) is 3.64. The average Bonchev–Trinajstić information content (AvgIpc) is 2.24. The number of thiocarbonyl (C=S) groups is 1. The molecule has 0 saturated heterocycles. The highest BCUT2D eigenvalue weighted by atomic mass is 32.1. The van der Waals surface area contributed by atoms with Crippen LogP contribution in [-0.4, -0.2) is 49.1 Å². The molecule has 0 aliphatic carbocycles. The second-order valence-electron chi connectivity index (χ2n) is 4.42. The first kappa shape index (κ1) is 13.9. The number of likely N-dealkylation sites (N-methyl/N-ethyl adjacent to an activating group) is 2. The van der Waals surface area contributed by atoms with Crippen LogP contribution in [0.1, 0.15) is 11.1 Å². The number of aromatic nitrogens is 1. The number of pyridine rings is 1. The van der Waals surface area contributed by atoms with Crippen LogP contribution >= 0.6 is 12.2 Å². The van der Waals surface area contributed by atoms with Crippen LogP contribution in [0.15, 0.2) is 12.3 Å². The summed E-state index contributed by atoms with van der Waals surface area (Å²) in [5.41, 5.74) is 7.71. The Kier molecular flexibility index (Phi) is 4.84. The smallest absolute Gasteiger partial charge is 0.138 e. The molecule has 4 nitrogen and oxygen atoms in total. The first-order valence-electron chi connectivity index (χ1n) is 5.54. The maximum absolute atomic E-state index is 5.76. The van der Waals surface area contributed by atoms with Crippen molar-refractivity contribution in [3.8, 4) is 0 Å². The molecule has 0 aliphatic rings. The predicted octanol–water partition coefficient (Wildman–Crippen LogP) is 1.02. The lowest BCUT2D eigenvalue weighted by molar-refractivity contribution is 0.416. The minimum atomic E-state index is 0.405. The zero-order valence-corrected chi connectivity index (χ0v) is 11.7. The van der Waals surface area contributed by atoms with E-state index in [0.29, 0.717) is 4.99 Å². The molecule has 0 radical (unpaired) electrons. The SMILES string of the molecule is Cc1ccnc(N(C)CCN(C)C)c1C(N)=S. The number of nitrogens with two attached hydrogens (primary N) is 1. The standard InChI is InChI=1S/C12H20N4S/c1-9-5-6-14-12(10(9)11(13)17)16(4)8-7-15(2)3/h5-6H,7-8H2,1-4H3,(H2,13,17). The zero-order chi connectivity index (χ0) is 13.0. The minimum absolute atomic E-state index is 0.405. The van der Waals surface area contributed by atoms with Crippen molar-refractivity contribution in [2.24, 2.45) is 5.73 Å². The van der Waals surface area contributed by atoms with E-state index >= 15 is 0 Å². The zero-order valence-electron chi connectivity index (χ0n) is 10.9. The van der Waals surface area contributed by atoms with Gasteiger partial charge in [-0.05, 0) is 32.6 Å². The fraction of sp³-hybridized carbons (Fsp3) is 0.500. The Labute approximate surface area is 108 Å². The van der Waals surface area contributed by atoms with Gasteiger partial charge < -0.3 is 15.5 Å². The van der Waals surface area contributed by atoms with E-state index < -0.39 is 0 Å². The molecule has 5 heteroatoms. The lowest BCUT2D eigenvalue weighted by Crippen LogP contribution is -2.31. The number of hydrogen-bond donors (Lipinski definition) is 1. The Morgan fingerprint density at radius 2 is 2.00 bits per heavy atom. The summed E-state index contributed by atoms with van der Waals surface area (Å²) in [6.07, 6.45) is 1.79. The number of hydrogen-bond acceptors (Lipinski definition) is 4. The summed E-state index contributed by atoms with van der Waals surface area (Å²) in [6, 6.07) is 1.93. The molecule has 1 aromatic heterocycles. The summed E-state index contributed by atoms with van der Waals surface area (Å²) < 4.78 is 0. The molecule has 94 valence electrons. The molecular formula is C12H20N4S. The van der Waals surface area contributed by atoms with Crippen LogP contribution in [0.5, 0.6) is 0 Å². The van der Waals surface area contributed by atoms with Gasteiger partial charge >= 0.3 is 0 Å². The van der Waals surface area contributed by atoms with Gasteiger partial charge in [0.05, 0.1) is 5.56 Å². The maximum atomic E-state index is 5.76. The number of rotatable bonds is 5. The fourth-order valence-electron chi connectivity index (χ4n) is 1.59. The predicted molar refractivity (Wildman–Crippen MR) is 76.7 cm³/mol. The Morgan fingerprint density at radius 3 is 2.53 bits per heavy atom. The Morgan fingerprint density at radius 1 is 1.35 bits per heavy atom. The maximum Gasteiger partial charge on any atom is 0.138 e. The third-order valence-corrected chi connectivity index (χ3v) is 2.83. The van der Waals surface area contributed by atoms with E-state index in [1.165, 1.54) is 0 Å². The molecule has 0 unspecified atom stereocenters. The van der Waals surface area contributed by atoms with Gasteiger partial charge in [0, 0.05) is 26.3 Å². The van der Waals surface area contributed by atoms with E-state index in [-0.39, 0.29) is 0 Å². The molecule has 0 bridgehead atoms. The van der Waals surface area contributed by atoms with E-state index in [4.69, 9.17) is 18.0 Å². The van der Waals surface area contributed by atoms with Crippen molar-refractivity contribution in [3.63, 3.8) is 0 Å². The largest absolute Gasteiger partial charge is 0.389 e. The van der Waals surface area contributed by atoms with Crippen LogP contribution in [0.2, 0.25) is 0 Å². The van der Waals surface area contributed by atoms with Crippen molar-refractivity contribution >= 4 is 23.0 Å². The van der Waals surface area contributed by atoms with Crippen molar-refractivity contribution in [1.29, 1.82) is 0 Å². The normalized spacial score (nSPS) is 10.6. The molecule has 17 heavy (non-hydrogen) atoms. The third-order valence-electron chi connectivity index (χ3n) is 2.63. The van der Waals surface area contributed by atoms with Gasteiger partial charge in [-0.3, -0.25) is 0 Å². The summed E-state index contributed by atoms with van der Waals surface area (Å²) in [5, 5.41) is 0. The van der Waals surface area contributed by atoms with Crippen molar-refractivity contribution in [2.45, 2.75) is 6.92 Å². The molecule has 0 atom stereocenters. The highest BCUT2D eigenvalue weighted by Crippen LogP contribution is 2.19. The minimum Gasteiger partial charge on any atom is -0.389 e. The summed E-state index contributed by atoms with van der Waals surface area (Å²) >= 11 is 5.09. The number of aryl methyl sites for hydroxylation is 1. The van der Waals surface area contributed by atoms with Gasteiger partial charge in [0.1, 0.15) is 10.8 Å². The first-order chi connectivity index (χ1) is 7.93. The van der Waals surface area contributed by atoms with E-state index in [1.54, 1.807) is 6.20 Å². The molecule has 0 saturated carbocycles. The molecule has 0 amide bonds. The van der Waals surface area contributed by atoms with E-state index in [9.17, 15) is 0 Å². The van der Waals surface area contributed by atoms with Gasteiger partial charge in [-0.25, -0.2) is 4.98 Å². The fourth-order valence-corrected chi connectivity index (χ4v) is 1.85. The molecular weight excluding hydrogens is 232 g/mol. The number of anilines is 1. The molecule has 2 N–H and O–H groups in total.